The number of hydrogen-bond donors (Lipinski definition) is 1. The Morgan fingerprint density at radius 2 is 2.00 bits per heavy atom. The van der Waals surface area contributed by atoms with Gasteiger partial charge in [-0.3, -0.25) is 4.90 Å². The standard InChI is InChI=1S/C17H22FN5O.2ClH/c18-14-3-1-2-12(8-14)13-9-23-17(24-11-13)16(20-21-23)10-22-6-4-15(19)5-7-22;;/h1-3,8,13,15H,4-7,9-11,19H2;2*1H. The van der Waals surface area contributed by atoms with Crippen LogP contribution in [0.1, 0.15) is 30.0 Å². The van der Waals surface area contributed by atoms with E-state index in [1.165, 1.54) is 6.07 Å². The van der Waals surface area contributed by atoms with Crippen molar-refractivity contribution in [1.82, 2.24) is 19.9 Å². The average Bonchev–Trinajstić information content (AvgIpc) is 2.99. The minimum atomic E-state index is -0.221. The molecular formula is C17H24Cl2FN5O. The molecule has 1 fully saturated rings. The second-order valence-corrected chi connectivity index (χ2v) is 6.70. The Labute approximate surface area is 164 Å². The Balaban J connectivity index is 0.00000121. The number of rotatable bonds is 3. The summed E-state index contributed by atoms with van der Waals surface area (Å²) in [6.45, 7) is 3.90. The number of aromatic nitrogens is 3. The molecule has 9 heteroatoms. The minimum absolute atomic E-state index is 0. The molecule has 0 bridgehead atoms. The third-order valence-corrected chi connectivity index (χ3v) is 4.89. The van der Waals surface area contributed by atoms with E-state index in [0.29, 0.717) is 19.2 Å². The van der Waals surface area contributed by atoms with E-state index in [1.807, 2.05) is 6.07 Å². The highest BCUT2D eigenvalue weighted by Gasteiger charge is 2.27. The monoisotopic (exact) mass is 403 g/mol. The topological polar surface area (TPSA) is 69.2 Å². The van der Waals surface area contributed by atoms with Gasteiger partial charge in [-0.05, 0) is 30.5 Å². The lowest BCUT2D eigenvalue weighted by atomic mass is 9.99. The van der Waals surface area contributed by atoms with Crippen molar-refractivity contribution in [3.05, 3.63) is 41.3 Å². The molecular weight excluding hydrogens is 380 g/mol. The van der Waals surface area contributed by atoms with Gasteiger partial charge in [-0.1, -0.05) is 17.3 Å². The summed E-state index contributed by atoms with van der Waals surface area (Å²) in [6, 6.07) is 6.99. The van der Waals surface area contributed by atoms with E-state index in [2.05, 4.69) is 15.2 Å². The van der Waals surface area contributed by atoms with Crippen LogP contribution in [0.15, 0.2) is 24.3 Å². The van der Waals surface area contributed by atoms with Crippen LogP contribution in [0.4, 0.5) is 4.39 Å². The van der Waals surface area contributed by atoms with Gasteiger partial charge in [0.1, 0.15) is 11.5 Å². The first-order valence-corrected chi connectivity index (χ1v) is 8.47. The van der Waals surface area contributed by atoms with Gasteiger partial charge in [-0.15, -0.1) is 29.9 Å². The molecule has 144 valence electrons. The lowest BCUT2D eigenvalue weighted by Crippen LogP contribution is -2.39. The summed E-state index contributed by atoms with van der Waals surface area (Å²) >= 11 is 0. The van der Waals surface area contributed by atoms with Crippen molar-refractivity contribution in [3.63, 3.8) is 0 Å². The molecule has 6 nitrogen and oxygen atoms in total. The molecule has 0 spiro atoms. The van der Waals surface area contributed by atoms with Crippen molar-refractivity contribution >= 4 is 24.8 Å². The molecule has 2 aromatic rings. The fourth-order valence-corrected chi connectivity index (χ4v) is 3.44. The number of nitrogens with two attached hydrogens (primary N) is 1. The summed E-state index contributed by atoms with van der Waals surface area (Å²) in [5.74, 6) is 0.620. The highest BCUT2D eigenvalue weighted by atomic mass is 35.5. The zero-order valence-corrected chi connectivity index (χ0v) is 16.0. The van der Waals surface area contributed by atoms with Crippen LogP contribution in [0, 0.1) is 5.82 Å². The van der Waals surface area contributed by atoms with Crippen LogP contribution in [0.3, 0.4) is 0 Å². The minimum Gasteiger partial charge on any atom is -0.476 e. The van der Waals surface area contributed by atoms with Crippen LogP contribution in [0.2, 0.25) is 0 Å². The maximum absolute atomic E-state index is 13.4. The third-order valence-electron chi connectivity index (χ3n) is 4.89. The maximum atomic E-state index is 13.4. The van der Waals surface area contributed by atoms with E-state index in [0.717, 1.165) is 49.6 Å². The van der Waals surface area contributed by atoms with Gasteiger partial charge in [0.15, 0.2) is 0 Å². The number of likely N-dealkylation sites (tertiary alicyclic amines) is 1. The second-order valence-electron chi connectivity index (χ2n) is 6.70. The summed E-state index contributed by atoms with van der Waals surface area (Å²) in [5, 5.41) is 8.53. The maximum Gasteiger partial charge on any atom is 0.237 e. The molecule has 2 aliphatic rings. The number of hydrogen-bond acceptors (Lipinski definition) is 5. The van der Waals surface area contributed by atoms with Crippen LogP contribution >= 0.6 is 24.8 Å². The number of benzene rings is 1. The van der Waals surface area contributed by atoms with E-state index >= 15 is 0 Å². The van der Waals surface area contributed by atoms with Gasteiger partial charge >= 0.3 is 0 Å². The molecule has 1 saturated heterocycles. The number of halogens is 3. The molecule has 0 aliphatic carbocycles. The molecule has 0 radical (unpaired) electrons. The van der Waals surface area contributed by atoms with Gasteiger partial charge in [0.25, 0.3) is 0 Å². The molecule has 1 atom stereocenters. The van der Waals surface area contributed by atoms with E-state index in [1.54, 1.807) is 16.8 Å². The predicted octanol–water partition coefficient (Wildman–Crippen LogP) is 2.36. The van der Waals surface area contributed by atoms with Gasteiger partial charge < -0.3 is 10.5 Å². The quantitative estimate of drug-likeness (QED) is 0.851. The largest absolute Gasteiger partial charge is 0.476 e. The van der Waals surface area contributed by atoms with Crippen molar-refractivity contribution in [2.45, 2.75) is 37.9 Å². The molecule has 3 heterocycles. The fraction of sp³-hybridized carbons (Fsp3) is 0.529. The first kappa shape index (κ1) is 20.9. The molecule has 4 rings (SSSR count). The van der Waals surface area contributed by atoms with Crippen molar-refractivity contribution < 1.29 is 9.13 Å². The molecule has 2 N–H and O–H groups in total. The highest BCUT2D eigenvalue weighted by molar-refractivity contribution is 5.85. The van der Waals surface area contributed by atoms with Crippen molar-refractivity contribution in [2.24, 2.45) is 5.73 Å². The van der Waals surface area contributed by atoms with Gasteiger partial charge in [0.05, 0.1) is 13.2 Å². The van der Waals surface area contributed by atoms with E-state index < -0.39 is 0 Å². The van der Waals surface area contributed by atoms with Crippen molar-refractivity contribution in [2.75, 3.05) is 19.7 Å². The van der Waals surface area contributed by atoms with Crippen LogP contribution in [0.25, 0.3) is 0 Å². The molecule has 1 unspecified atom stereocenters. The molecule has 1 aromatic carbocycles. The lowest BCUT2D eigenvalue weighted by molar-refractivity contribution is 0.184. The normalized spacial score (nSPS) is 20.5. The van der Waals surface area contributed by atoms with Crippen molar-refractivity contribution in [3.8, 4) is 5.88 Å². The number of fused-ring (bicyclic) bond motifs is 1. The van der Waals surface area contributed by atoms with E-state index in [-0.39, 0.29) is 36.5 Å². The Kier molecular flexibility index (Phi) is 7.23. The van der Waals surface area contributed by atoms with Gasteiger partial charge in [-0.25, -0.2) is 9.07 Å². The Bertz CT molecular complexity index is 721. The van der Waals surface area contributed by atoms with Crippen LogP contribution in [-0.2, 0) is 13.1 Å². The van der Waals surface area contributed by atoms with Crippen LogP contribution in [-0.4, -0.2) is 45.6 Å². The highest BCUT2D eigenvalue weighted by Crippen LogP contribution is 2.29. The number of nitrogens with zero attached hydrogens (tertiary/aromatic N) is 4. The van der Waals surface area contributed by atoms with E-state index in [4.69, 9.17) is 10.5 Å². The Morgan fingerprint density at radius 3 is 2.73 bits per heavy atom. The smallest absolute Gasteiger partial charge is 0.237 e. The summed E-state index contributed by atoms with van der Waals surface area (Å²) in [5.41, 5.74) is 7.76. The van der Waals surface area contributed by atoms with Crippen LogP contribution in [0.5, 0.6) is 5.88 Å². The van der Waals surface area contributed by atoms with E-state index in [9.17, 15) is 4.39 Å². The predicted molar refractivity (Wildman–Crippen MR) is 102 cm³/mol. The van der Waals surface area contributed by atoms with Crippen LogP contribution < -0.4 is 10.5 Å². The zero-order chi connectivity index (χ0) is 16.5. The first-order valence-electron chi connectivity index (χ1n) is 8.47. The molecule has 2 aliphatic heterocycles. The fourth-order valence-electron chi connectivity index (χ4n) is 3.44. The Hall–Kier alpha value is -1.41. The molecule has 1 aromatic heterocycles. The van der Waals surface area contributed by atoms with Gasteiger partial charge in [0, 0.05) is 31.6 Å². The van der Waals surface area contributed by atoms with Gasteiger partial charge in [0.2, 0.25) is 5.88 Å². The molecule has 26 heavy (non-hydrogen) atoms. The van der Waals surface area contributed by atoms with Gasteiger partial charge in [-0.2, -0.15) is 0 Å². The summed E-state index contributed by atoms with van der Waals surface area (Å²) < 4.78 is 21.1. The lowest BCUT2D eigenvalue weighted by Gasteiger charge is -2.30. The number of piperidine rings is 1. The number of ether oxygens (including phenoxy) is 1. The second kappa shape index (κ2) is 8.99. The third kappa shape index (κ3) is 4.46. The zero-order valence-electron chi connectivity index (χ0n) is 14.4. The summed E-state index contributed by atoms with van der Waals surface area (Å²) in [4.78, 5) is 2.34. The summed E-state index contributed by atoms with van der Waals surface area (Å²) in [6.07, 6.45) is 2.04. The average molecular weight is 404 g/mol. The molecule has 0 amide bonds. The Morgan fingerprint density at radius 1 is 1.23 bits per heavy atom. The van der Waals surface area contributed by atoms with Crippen molar-refractivity contribution in [1.29, 1.82) is 0 Å². The molecule has 0 saturated carbocycles. The first-order chi connectivity index (χ1) is 11.7. The SMILES string of the molecule is Cl.Cl.NC1CCN(Cc2nnn3c2OCC(c2cccc(F)c2)C3)CC1. The summed E-state index contributed by atoms with van der Waals surface area (Å²) in [7, 11) is 0.